The highest BCUT2D eigenvalue weighted by Crippen LogP contribution is 2.38. The first-order chi connectivity index (χ1) is 33.0. The zero-order valence-corrected chi connectivity index (χ0v) is 47.0. The summed E-state index contributed by atoms with van der Waals surface area (Å²) in [5.74, 6) is -0.194. The van der Waals surface area contributed by atoms with Gasteiger partial charge in [0.2, 0.25) is 5.91 Å². The maximum Gasteiger partial charge on any atom is 0.268 e. The van der Waals surface area contributed by atoms with Crippen LogP contribution in [0.25, 0.3) is 0 Å². The number of hydrogen-bond donors (Lipinski definition) is 2. The van der Waals surface area contributed by atoms with Crippen molar-refractivity contribution in [2.45, 2.75) is 309 Å². The van der Waals surface area contributed by atoms with Gasteiger partial charge < -0.3 is 28.8 Å². The van der Waals surface area contributed by atoms with Gasteiger partial charge in [-0.25, -0.2) is 0 Å². The van der Waals surface area contributed by atoms with Crippen LogP contribution in [0.3, 0.4) is 0 Å². The van der Waals surface area contributed by atoms with Crippen LogP contribution in [0, 0.1) is 0 Å². The normalized spacial score (nSPS) is 14.0. The summed E-state index contributed by atoms with van der Waals surface area (Å²) in [5.41, 5.74) is 0. The average Bonchev–Trinajstić information content (AvgIpc) is 3.30. The molecule has 0 aromatic heterocycles. The summed E-state index contributed by atoms with van der Waals surface area (Å²) in [5, 5.41) is 13.8. The van der Waals surface area contributed by atoms with Gasteiger partial charge in [-0.3, -0.25) is 9.36 Å². The second-order valence-electron chi connectivity index (χ2n) is 21.7. The molecule has 8 nitrogen and oxygen atoms in total. The van der Waals surface area contributed by atoms with Crippen molar-refractivity contribution in [2.75, 3.05) is 40.9 Å². The summed E-state index contributed by atoms with van der Waals surface area (Å²) in [6.07, 6.45) is 64.3. The highest BCUT2D eigenvalue weighted by atomic mass is 31.2. The van der Waals surface area contributed by atoms with Crippen molar-refractivity contribution in [3.05, 3.63) is 24.3 Å². The number of aliphatic hydroxyl groups is 1. The van der Waals surface area contributed by atoms with Crippen LogP contribution in [-0.4, -0.2) is 68.5 Å². The highest BCUT2D eigenvalue weighted by Gasteiger charge is 2.23. The largest absolute Gasteiger partial charge is 0.756 e. The second-order valence-corrected chi connectivity index (χ2v) is 23.1. The number of phosphoric acid groups is 1. The Hall–Kier alpha value is -1.02. The topological polar surface area (TPSA) is 108 Å². The first kappa shape index (κ1) is 67.0. The molecule has 0 fully saturated rings. The number of amides is 1. The molecule has 9 heteroatoms. The van der Waals surface area contributed by atoms with E-state index in [0.29, 0.717) is 17.4 Å². The molecule has 0 saturated heterocycles. The smallest absolute Gasteiger partial charge is 0.268 e. The minimum atomic E-state index is -4.59. The predicted octanol–water partition coefficient (Wildman–Crippen LogP) is 17.4. The Kier molecular flexibility index (Phi) is 50.1. The van der Waals surface area contributed by atoms with E-state index in [0.717, 1.165) is 38.5 Å². The van der Waals surface area contributed by atoms with Crippen LogP contribution in [0.2, 0.25) is 0 Å². The van der Waals surface area contributed by atoms with E-state index in [9.17, 15) is 19.4 Å². The van der Waals surface area contributed by atoms with Gasteiger partial charge in [-0.15, -0.1) is 0 Å². The van der Waals surface area contributed by atoms with Crippen molar-refractivity contribution in [3.8, 4) is 0 Å². The number of carbonyl (C=O) groups is 1. The molecule has 0 heterocycles. The molecule has 0 saturated carbocycles. The average molecular weight is 982 g/mol. The van der Waals surface area contributed by atoms with Gasteiger partial charge in [0, 0.05) is 6.42 Å². The molecular formula is C59H117N2O6P. The van der Waals surface area contributed by atoms with E-state index in [1.54, 1.807) is 6.08 Å². The van der Waals surface area contributed by atoms with Crippen molar-refractivity contribution >= 4 is 13.7 Å². The number of hydrogen-bond acceptors (Lipinski definition) is 6. The third kappa shape index (κ3) is 52.8. The van der Waals surface area contributed by atoms with Crippen molar-refractivity contribution < 1.29 is 32.9 Å². The van der Waals surface area contributed by atoms with E-state index in [1.807, 2.05) is 27.2 Å². The number of likely N-dealkylation sites (N-methyl/N-ethyl adjacent to an activating group) is 1. The van der Waals surface area contributed by atoms with E-state index in [4.69, 9.17) is 9.05 Å². The lowest BCUT2D eigenvalue weighted by molar-refractivity contribution is -0.870. The molecule has 3 unspecified atom stereocenters. The lowest BCUT2D eigenvalue weighted by Crippen LogP contribution is -2.45. The standard InChI is InChI=1S/C59H117N2O6P/c1-6-8-10-12-14-16-18-19-20-21-22-23-24-25-26-27-28-29-30-31-32-33-34-35-36-37-38-39-40-41-43-45-47-49-51-53-59(63)60-57(56-67-68(64,65)66-55-54-61(3,4)5)58(62)52-50-48-46-44-42-17-15-13-11-9-7-2/h27-28,50,52,57-58,62H,6-26,29-49,51,53-56H2,1-5H3,(H-,60,63,64,65)/b28-27-,52-50+. The van der Waals surface area contributed by atoms with E-state index < -0.39 is 20.0 Å². The van der Waals surface area contributed by atoms with Gasteiger partial charge in [0.15, 0.2) is 0 Å². The van der Waals surface area contributed by atoms with Gasteiger partial charge in [0.25, 0.3) is 7.82 Å². The molecule has 0 bridgehead atoms. The molecule has 0 rings (SSSR count). The zero-order chi connectivity index (χ0) is 49.9. The van der Waals surface area contributed by atoms with Crippen molar-refractivity contribution in [3.63, 3.8) is 0 Å². The number of phosphoric ester groups is 1. The number of quaternary nitrogens is 1. The molecule has 0 aromatic rings. The number of nitrogens with one attached hydrogen (secondary N) is 1. The van der Waals surface area contributed by atoms with Crippen LogP contribution >= 0.6 is 7.82 Å². The Morgan fingerprint density at radius 1 is 0.500 bits per heavy atom. The zero-order valence-electron chi connectivity index (χ0n) is 46.1. The molecule has 0 spiro atoms. The van der Waals surface area contributed by atoms with Gasteiger partial charge >= 0.3 is 0 Å². The molecule has 68 heavy (non-hydrogen) atoms. The Bertz CT molecular complexity index is 1160. The van der Waals surface area contributed by atoms with Crippen LogP contribution in [0.1, 0.15) is 296 Å². The van der Waals surface area contributed by atoms with Crippen molar-refractivity contribution in [1.29, 1.82) is 0 Å². The summed E-state index contributed by atoms with van der Waals surface area (Å²) in [7, 11) is 1.27. The van der Waals surface area contributed by atoms with E-state index in [-0.39, 0.29) is 19.1 Å². The van der Waals surface area contributed by atoms with Crippen LogP contribution < -0.4 is 10.2 Å². The minimum absolute atomic E-state index is 0.00100. The fraction of sp³-hybridized carbons (Fsp3) is 0.915. The third-order valence-electron chi connectivity index (χ3n) is 13.7. The van der Waals surface area contributed by atoms with Gasteiger partial charge in [-0.2, -0.15) is 0 Å². The molecule has 0 aliphatic rings. The van der Waals surface area contributed by atoms with Crippen LogP contribution in [0.15, 0.2) is 24.3 Å². The number of unbranched alkanes of at least 4 members (excludes halogenated alkanes) is 40. The van der Waals surface area contributed by atoms with Gasteiger partial charge in [-0.05, 0) is 44.9 Å². The monoisotopic (exact) mass is 981 g/mol. The van der Waals surface area contributed by atoms with Crippen molar-refractivity contribution in [1.82, 2.24) is 5.32 Å². The number of carbonyl (C=O) groups excluding carboxylic acids is 1. The van der Waals surface area contributed by atoms with Crippen LogP contribution in [0.5, 0.6) is 0 Å². The molecule has 0 aliphatic heterocycles. The third-order valence-corrected chi connectivity index (χ3v) is 14.6. The molecule has 2 N–H and O–H groups in total. The lowest BCUT2D eigenvalue weighted by Gasteiger charge is -2.29. The molecule has 3 atom stereocenters. The number of rotatable bonds is 55. The number of allylic oxidation sites excluding steroid dienone is 3. The second kappa shape index (κ2) is 50.9. The van der Waals surface area contributed by atoms with Crippen LogP contribution in [0.4, 0.5) is 0 Å². The SMILES string of the molecule is CCCCCCCCCCC/C=C/C(O)C(COP(=O)([O-])OCC[N+](C)(C)C)NC(=O)CCCCCCCCCCCCCCCCCCC/C=C\CCCCCCCCCCCCCCCC. The van der Waals surface area contributed by atoms with E-state index in [1.165, 1.54) is 238 Å². The molecular weight excluding hydrogens is 864 g/mol. The fourth-order valence-corrected chi connectivity index (χ4v) is 9.70. The van der Waals surface area contributed by atoms with Crippen LogP contribution in [-0.2, 0) is 18.4 Å². The molecule has 404 valence electrons. The van der Waals surface area contributed by atoms with Gasteiger partial charge in [0.1, 0.15) is 13.2 Å². The Morgan fingerprint density at radius 3 is 1.15 bits per heavy atom. The molecule has 1 amide bonds. The maximum absolute atomic E-state index is 12.9. The Balaban J connectivity index is 3.90. The Labute approximate surface area is 424 Å². The van der Waals surface area contributed by atoms with Gasteiger partial charge in [-0.1, -0.05) is 269 Å². The first-order valence-electron chi connectivity index (χ1n) is 29.7. The molecule has 0 aliphatic carbocycles. The minimum Gasteiger partial charge on any atom is -0.756 e. The Morgan fingerprint density at radius 2 is 0.809 bits per heavy atom. The summed E-state index contributed by atoms with van der Waals surface area (Å²) >= 11 is 0. The number of aliphatic hydroxyl groups excluding tert-OH is 1. The summed E-state index contributed by atoms with van der Waals surface area (Å²) in [6.45, 7) is 4.66. The molecule has 0 aromatic carbocycles. The fourth-order valence-electron chi connectivity index (χ4n) is 8.97. The predicted molar refractivity (Wildman–Crippen MR) is 293 cm³/mol. The summed E-state index contributed by atoms with van der Waals surface area (Å²) in [6, 6.07) is -0.882. The van der Waals surface area contributed by atoms with E-state index >= 15 is 0 Å². The quantitative estimate of drug-likeness (QED) is 0.0272. The first-order valence-corrected chi connectivity index (χ1v) is 31.2. The summed E-state index contributed by atoms with van der Waals surface area (Å²) in [4.78, 5) is 25.4. The molecule has 0 radical (unpaired) electrons. The summed E-state index contributed by atoms with van der Waals surface area (Å²) < 4.78 is 23.3. The number of nitrogens with zero attached hydrogens (tertiary/aromatic N) is 1. The maximum atomic E-state index is 12.9. The van der Waals surface area contributed by atoms with Crippen molar-refractivity contribution in [2.24, 2.45) is 0 Å². The lowest BCUT2D eigenvalue weighted by atomic mass is 10.0. The van der Waals surface area contributed by atoms with Gasteiger partial charge in [0.05, 0.1) is 39.9 Å². The highest BCUT2D eigenvalue weighted by molar-refractivity contribution is 7.45. The van der Waals surface area contributed by atoms with E-state index in [2.05, 4.69) is 31.3 Å².